The number of anilines is 2. The third-order valence-electron chi connectivity index (χ3n) is 4.45. The van der Waals surface area contributed by atoms with Gasteiger partial charge in [0.2, 0.25) is 0 Å². The SMILES string of the molecule is Cc1ccc(NC(=O)c2ccccc2)cc1NC(=O)[C@@H]1CC[C@H](CN)O1. The van der Waals surface area contributed by atoms with Crippen LogP contribution in [0, 0.1) is 6.92 Å². The quantitative estimate of drug-likeness (QED) is 0.770. The molecule has 0 bridgehead atoms. The van der Waals surface area contributed by atoms with Crippen LogP contribution in [0.1, 0.15) is 28.8 Å². The first-order valence-electron chi connectivity index (χ1n) is 8.70. The molecule has 6 heteroatoms. The zero-order valence-corrected chi connectivity index (χ0v) is 14.7. The van der Waals surface area contributed by atoms with Gasteiger partial charge < -0.3 is 21.1 Å². The summed E-state index contributed by atoms with van der Waals surface area (Å²) >= 11 is 0. The molecule has 1 aliphatic heterocycles. The largest absolute Gasteiger partial charge is 0.364 e. The van der Waals surface area contributed by atoms with E-state index in [0.29, 0.717) is 29.9 Å². The third kappa shape index (κ3) is 4.28. The summed E-state index contributed by atoms with van der Waals surface area (Å²) in [5.74, 6) is -0.382. The Hall–Kier alpha value is -2.70. The van der Waals surface area contributed by atoms with Crippen LogP contribution >= 0.6 is 0 Å². The molecule has 0 aromatic heterocycles. The van der Waals surface area contributed by atoms with Gasteiger partial charge in [-0.05, 0) is 49.6 Å². The highest BCUT2D eigenvalue weighted by molar-refractivity contribution is 6.04. The molecule has 1 aliphatic rings. The molecule has 6 nitrogen and oxygen atoms in total. The van der Waals surface area contributed by atoms with E-state index in [4.69, 9.17) is 10.5 Å². The molecule has 1 saturated heterocycles. The second-order valence-corrected chi connectivity index (χ2v) is 6.40. The van der Waals surface area contributed by atoms with Gasteiger partial charge in [0.25, 0.3) is 11.8 Å². The number of nitrogens with two attached hydrogens (primary N) is 1. The van der Waals surface area contributed by atoms with Gasteiger partial charge >= 0.3 is 0 Å². The summed E-state index contributed by atoms with van der Waals surface area (Å²) in [6.45, 7) is 2.32. The van der Waals surface area contributed by atoms with Crippen LogP contribution in [0.15, 0.2) is 48.5 Å². The Morgan fingerprint density at radius 1 is 1.12 bits per heavy atom. The van der Waals surface area contributed by atoms with Crippen LogP contribution in [0.25, 0.3) is 0 Å². The van der Waals surface area contributed by atoms with Crippen molar-refractivity contribution in [1.82, 2.24) is 0 Å². The summed E-state index contributed by atoms with van der Waals surface area (Å²) in [6, 6.07) is 14.4. The average Bonchev–Trinajstić information content (AvgIpc) is 3.14. The Labute approximate surface area is 152 Å². The van der Waals surface area contributed by atoms with Crippen molar-refractivity contribution in [3.63, 3.8) is 0 Å². The van der Waals surface area contributed by atoms with E-state index in [2.05, 4.69) is 10.6 Å². The lowest BCUT2D eigenvalue weighted by molar-refractivity contribution is -0.126. The molecule has 0 unspecified atom stereocenters. The minimum atomic E-state index is -0.481. The van der Waals surface area contributed by atoms with Crippen molar-refractivity contribution in [2.24, 2.45) is 5.73 Å². The maximum atomic E-state index is 12.4. The van der Waals surface area contributed by atoms with Crippen LogP contribution in [-0.4, -0.2) is 30.6 Å². The maximum Gasteiger partial charge on any atom is 0.255 e. The van der Waals surface area contributed by atoms with Crippen molar-refractivity contribution in [3.8, 4) is 0 Å². The number of ether oxygens (including phenoxy) is 1. The normalized spacial score (nSPS) is 19.2. The molecule has 0 spiro atoms. The molecule has 1 fully saturated rings. The first-order valence-corrected chi connectivity index (χ1v) is 8.70. The van der Waals surface area contributed by atoms with Gasteiger partial charge in [0.15, 0.2) is 0 Å². The van der Waals surface area contributed by atoms with Gasteiger partial charge in [0, 0.05) is 23.5 Å². The van der Waals surface area contributed by atoms with Crippen molar-refractivity contribution in [2.75, 3.05) is 17.2 Å². The Morgan fingerprint density at radius 3 is 2.58 bits per heavy atom. The number of amides is 2. The molecule has 4 N–H and O–H groups in total. The van der Waals surface area contributed by atoms with Gasteiger partial charge in [0.1, 0.15) is 6.10 Å². The van der Waals surface area contributed by atoms with E-state index in [-0.39, 0.29) is 17.9 Å². The maximum absolute atomic E-state index is 12.4. The van der Waals surface area contributed by atoms with Crippen LogP contribution in [0.3, 0.4) is 0 Å². The fraction of sp³-hybridized carbons (Fsp3) is 0.300. The van der Waals surface area contributed by atoms with E-state index in [1.807, 2.05) is 37.3 Å². The number of hydrogen-bond donors (Lipinski definition) is 3. The molecule has 0 saturated carbocycles. The van der Waals surface area contributed by atoms with Gasteiger partial charge in [-0.2, -0.15) is 0 Å². The molecule has 3 rings (SSSR count). The van der Waals surface area contributed by atoms with E-state index in [1.165, 1.54) is 0 Å². The molecule has 2 amide bonds. The summed E-state index contributed by atoms with van der Waals surface area (Å²) in [6.07, 6.45) is 0.923. The number of benzene rings is 2. The molecule has 26 heavy (non-hydrogen) atoms. The van der Waals surface area contributed by atoms with E-state index in [0.717, 1.165) is 12.0 Å². The molecular weight excluding hydrogens is 330 g/mol. The summed E-state index contributed by atoms with van der Waals surface area (Å²) < 4.78 is 5.63. The number of rotatable bonds is 5. The highest BCUT2D eigenvalue weighted by Crippen LogP contribution is 2.24. The Morgan fingerprint density at radius 2 is 1.88 bits per heavy atom. The minimum Gasteiger partial charge on any atom is -0.364 e. The van der Waals surface area contributed by atoms with Crippen molar-refractivity contribution >= 4 is 23.2 Å². The van der Waals surface area contributed by atoms with Gasteiger partial charge in [-0.15, -0.1) is 0 Å². The molecular formula is C20H23N3O3. The molecule has 2 atom stereocenters. The van der Waals surface area contributed by atoms with Gasteiger partial charge in [-0.1, -0.05) is 24.3 Å². The van der Waals surface area contributed by atoms with E-state index < -0.39 is 6.10 Å². The van der Waals surface area contributed by atoms with Crippen LogP contribution in [0.5, 0.6) is 0 Å². The number of carbonyl (C=O) groups excluding carboxylic acids is 2. The smallest absolute Gasteiger partial charge is 0.255 e. The predicted octanol–water partition coefficient (Wildman–Crippen LogP) is 2.69. The molecule has 1 heterocycles. The van der Waals surface area contributed by atoms with Crippen molar-refractivity contribution in [3.05, 3.63) is 59.7 Å². The van der Waals surface area contributed by atoms with Crippen LogP contribution in [0.2, 0.25) is 0 Å². The lowest BCUT2D eigenvalue weighted by atomic mass is 10.1. The summed E-state index contributed by atoms with van der Waals surface area (Å²) in [7, 11) is 0. The van der Waals surface area contributed by atoms with Crippen molar-refractivity contribution in [1.29, 1.82) is 0 Å². The zero-order valence-electron chi connectivity index (χ0n) is 14.7. The van der Waals surface area contributed by atoms with Gasteiger partial charge in [-0.25, -0.2) is 0 Å². The Bertz CT molecular complexity index is 792. The summed E-state index contributed by atoms with van der Waals surface area (Å²) in [5, 5.41) is 5.74. The summed E-state index contributed by atoms with van der Waals surface area (Å²) in [5.41, 5.74) is 8.34. The lowest BCUT2D eigenvalue weighted by Crippen LogP contribution is -2.30. The Kier molecular flexibility index (Phi) is 5.65. The number of carbonyl (C=O) groups is 2. The van der Waals surface area contributed by atoms with Gasteiger partial charge in [-0.3, -0.25) is 9.59 Å². The molecule has 0 radical (unpaired) electrons. The first kappa shape index (κ1) is 18.1. The fourth-order valence-corrected chi connectivity index (χ4v) is 2.91. The van der Waals surface area contributed by atoms with Crippen molar-refractivity contribution < 1.29 is 14.3 Å². The minimum absolute atomic E-state index is 0.0525. The monoisotopic (exact) mass is 353 g/mol. The summed E-state index contributed by atoms with van der Waals surface area (Å²) in [4.78, 5) is 24.7. The first-order chi connectivity index (χ1) is 12.6. The fourth-order valence-electron chi connectivity index (χ4n) is 2.91. The molecule has 136 valence electrons. The second-order valence-electron chi connectivity index (χ2n) is 6.40. The predicted molar refractivity (Wildman–Crippen MR) is 101 cm³/mol. The van der Waals surface area contributed by atoms with Crippen LogP contribution in [0.4, 0.5) is 11.4 Å². The van der Waals surface area contributed by atoms with Crippen molar-refractivity contribution in [2.45, 2.75) is 32.0 Å². The number of hydrogen-bond acceptors (Lipinski definition) is 4. The van der Waals surface area contributed by atoms with Crippen LogP contribution < -0.4 is 16.4 Å². The molecule has 0 aliphatic carbocycles. The highest BCUT2D eigenvalue weighted by atomic mass is 16.5. The van der Waals surface area contributed by atoms with E-state index in [1.54, 1.807) is 18.2 Å². The number of nitrogens with one attached hydrogen (secondary N) is 2. The molecule has 2 aromatic rings. The van der Waals surface area contributed by atoms with Crippen LogP contribution in [-0.2, 0) is 9.53 Å². The Balaban J connectivity index is 1.68. The van der Waals surface area contributed by atoms with Gasteiger partial charge in [0.05, 0.1) is 6.10 Å². The second kappa shape index (κ2) is 8.12. The highest BCUT2D eigenvalue weighted by Gasteiger charge is 2.30. The van der Waals surface area contributed by atoms with E-state index >= 15 is 0 Å². The number of aryl methyl sites for hydroxylation is 1. The standard InChI is InChI=1S/C20H23N3O3/c1-13-7-8-15(22-19(24)14-5-3-2-4-6-14)11-17(13)23-20(25)18-10-9-16(12-21)26-18/h2-8,11,16,18H,9-10,12,21H2,1H3,(H,22,24)(H,23,25)/t16-,18+/m1/s1. The average molecular weight is 353 g/mol. The molecule has 2 aromatic carbocycles. The topological polar surface area (TPSA) is 93.5 Å². The third-order valence-corrected chi connectivity index (χ3v) is 4.45. The lowest BCUT2D eigenvalue weighted by Gasteiger charge is -2.15. The zero-order chi connectivity index (χ0) is 18.5. The van der Waals surface area contributed by atoms with E-state index in [9.17, 15) is 9.59 Å².